The van der Waals surface area contributed by atoms with Crippen molar-refractivity contribution < 1.29 is 4.74 Å². The van der Waals surface area contributed by atoms with E-state index < -0.39 is 0 Å². The largest absolute Gasteiger partial charge is 0.473 e. The molecule has 0 radical (unpaired) electrons. The van der Waals surface area contributed by atoms with Crippen molar-refractivity contribution in [3.05, 3.63) is 16.7 Å². The van der Waals surface area contributed by atoms with Crippen LogP contribution in [-0.2, 0) is 0 Å². The maximum atomic E-state index is 5.78. The summed E-state index contributed by atoms with van der Waals surface area (Å²) < 4.78 is 6.52. The van der Waals surface area contributed by atoms with Crippen LogP contribution in [0, 0.1) is 5.92 Å². The van der Waals surface area contributed by atoms with Crippen LogP contribution in [0.3, 0.4) is 0 Å². The minimum atomic E-state index is 0.140. The van der Waals surface area contributed by atoms with E-state index in [1.165, 1.54) is 0 Å². The molecule has 1 heterocycles. The molecule has 15 heavy (non-hydrogen) atoms. The Bertz CT molecular complexity index is 328. The van der Waals surface area contributed by atoms with Crippen molar-refractivity contribution in [2.45, 2.75) is 33.3 Å². The Labute approximate surface area is 99.2 Å². The maximum absolute atomic E-state index is 5.78. The molecule has 0 aliphatic carbocycles. The SMILES string of the molecule is CC(C)CC(C)Oc1ncc(Br)cc1N. The fraction of sp³-hybridized carbons (Fsp3) is 0.545. The predicted molar refractivity (Wildman–Crippen MR) is 65.9 cm³/mol. The molecule has 1 rings (SSSR count). The summed E-state index contributed by atoms with van der Waals surface area (Å²) in [7, 11) is 0. The molecule has 0 aromatic carbocycles. The van der Waals surface area contributed by atoms with Gasteiger partial charge in [0.25, 0.3) is 0 Å². The van der Waals surface area contributed by atoms with Crippen LogP contribution >= 0.6 is 15.9 Å². The number of rotatable bonds is 4. The normalized spacial score (nSPS) is 12.9. The first-order chi connectivity index (χ1) is 6.99. The molecule has 1 unspecified atom stereocenters. The maximum Gasteiger partial charge on any atom is 0.237 e. The van der Waals surface area contributed by atoms with Crippen molar-refractivity contribution in [1.29, 1.82) is 0 Å². The third-order valence-corrected chi connectivity index (χ3v) is 2.40. The summed E-state index contributed by atoms with van der Waals surface area (Å²) in [6.07, 6.45) is 2.83. The highest BCUT2D eigenvalue weighted by molar-refractivity contribution is 9.10. The summed E-state index contributed by atoms with van der Waals surface area (Å²) in [6, 6.07) is 1.80. The van der Waals surface area contributed by atoms with Gasteiger partial charge in [0.05, 0.1) is 11.8 Å². The van der Waals surface area contributed by atoms with Crippen LogP contribution in [0.5, 0.6) is 5.88 Å². The minimum absolute atomic E-state index is 0.140. The molecule has 1 atom stereocenters. The average Bonchev–Trinajstić information content (AvgIpc) is 2.08. The monoisotopic (exact) mass is 272 g/mol. The molecule has 4 heteroatoms. The number of hydrogen-bond acceptors (Lipinski definition) is 3. The van der Waals surface area contributed by atoms with Gasteiger partial charge in [0.15, 0.2) is 0 Å². The van der Waals surface area contributed by atoms with E-state index in [4.69, 9.17) is 10.5 Å². The van der Waals surface area contributed by atoms with Crippen molar-refractivity contribution in [2.24, 2.45) is 5.92 Å². The van der Waals surface area contributed by atoms with Gasteiger partial charge in [-0.1, -0.05) is 13.8 Å². The lowest BCUT2D eigenvalue weighted by Crippen LogP contribution is -2.16. The van der Waals surface area contributed by atoms with Crippen LogP contribution in [0.25, 0.3) is 0 Å². The molecule has 0 fully saturated rings. The van der Waals surface area contributed by atoms with Gasteiger partial charge in [0.1, 0.15) is 0 Å². The molecule has 2 N–H and O–H groups in total. The van der Waals surface area contributed by atoms with Gasteiger partial charge in [-0.15, -0.1) is 0 Å². The number of nitrogens with zero attached hydrogens (tertiary/aromatic N) is 1. The number of nitrogen functional groups attached to an aromatic ring is 1. The lowest BCUT2D eigenvalue weighted by Gasteiger charge is -2.16. The highest BCUT2D eigenvalue weighted by Gasteiger charge is 2.10. The molecule has 0 spiro atoms. The van der Waals surface area contributed by atoms with E-state index >= 15 is 0 Å². The van der Waals surface area contributed by atoms with Gasteiger partial charge in [0.2, 0.25) is 5.88 Å². The molecule has 0 amide bonds. The zero-order valence-corrected chi connectivity index (χ0v) is 10.9. The van der Waals surface area contributed by atoms with E-state index in [1.807, 2.05) is 6.92 Å². The molecule has 0 saturated heterocycles. The molecule has 0 aliphatic heterocycles. The molecule has 0 aliphatic rings. The zero-order chi connectivity index (χ0) is 11.4. The van der Waals surface area contributed by atoms with Crippen LogP contribution in [0.2, 0.25) is 0 Å². The van der Waals surface area contributed by atoms with E-state index in [0.717, 1.165) is 10.9 Å². The molecular formula is C11H17BrN2O. The third-order valence-electron chi connectivity index (χ3n) is 1.96. The fourth-order valence-electron chi connectivity index (χ4n) is 1.44. The van der Waals surface area contributed by atoms with Gasteiger partial charge in [-0.05, 0) is 41.3 Å². The van der Waals surface area contributed by atoms with E-state index in [0.29, 0.717) is 17.5 Å². The number of anilines is 1. The Balaban J connectivity index is 2.64. The zero-order valence-electron chi connectivity index (χ0n) is 9.33. The van der Waals surface area contributed by atoms with Gasteiger partial charge in [-0.2, -0.15) is 0 Å². The smallest absolute Gasteiger partial charge is 0.237 e. The van der Waals surface area contributed by atoms with Gasteiger partial charge in [-0.25, -0.2) is 4.98 Å². The summed E-state index contributed by atoms with van der Waals surface area (Å²) in [5, 5.41) is 0. The van der Waals surface area contributed by atoms with E-state index in [9.17, 15) is 0 Å². The first-order valence-corrected chi connectivity index (χ1v) is 5.86. The molecular weight excluding hydrogens is 256 g/mol. The number of pyridine rings is 1. The summed E-state index contributed by atoms with van der Waals surface area (Å²) in [4.78, 5) is 4.13. The van der Waals surface area contributed by atoms with Crippen molar-refractivity contribution in [3.8, 4) is 5.88 Å². The number of aromatic nitrogens is 1. The third kappa shape index (κ3) is 4.08. The molecule has 3 nitrogen and oxygen atoms in total. The van der Waals surface area contributed by atoms with Crippen molar-refractivity contribution in [3.63, 3.8) is 0 Å². The van der Waals surface area contributed by atoms with Crippen LogP contribution in [0.15, 0.2) is 16.7 Å². The molecule has 0 saturated carbocycles. The second-order valence-corrected chi connectivity index (χ2v) is 5.02. The topological polar surface area (TPSA) is 48.1 Å². The number of nitrogens with two attached hydrogens (primary N) is 1. The van der Waals surface area contributed by atoms with Crippen molar-refractivity contribution in [2.75, 3.05) is 5.73 Å². The minimum Gasteiger partial charge on any atom is -0.473 e. The average molecular weight is 273 g/mol. The molecule has 1 aromatic heterocycles. The lowest BCUT2D eigenvalue weighted by molar-refractivity contribution is 0.187. The Morgan fingerprint density at radius 1 is 1.47 bits per heavy atom. The Morgan fingerprint density at radius 3 is 2.67 bits per heavy atom. The van der Waals surface area contributed by atoms with Crippen molar-refractivity contribution >= 4 is 21.6 Å². The summed E-state index contributed by atoms with van der Waals surface area (Å²) >= 11 is 3.30. The highest BCUT2D eigenvalue weighted by atomic mass is 79.9. The Hall–Kier alpha value is -0.770. The van der Waals surface area contributed by atoms with E-state index in [-0.39, 0.29) is 6.10 Å². The van der Waals surface area contributed by atoms with Crippen LogP contribution < -0.4 is 10.5 Å². The summed E-state index contributed by atoms with van der Waals surface area (Å²) in [6.45, 7) is 6.36. The molecule has 1 aromatic rings. The molecule has 84 valence electrons. The quantitative estimate of drug-likeness (QED) is 0.916. The van der Waals surface area contributed by atoms with Crippen LogP contribution in [0.1, 0.15) is 27.2 Å². The van der Waals surface area contributed by atoms with Gasteiger partial charge < -0.3 is 10.5 Å². The van der Waals surface area contributed by atoms with Gasteiger partial charge >= 0.3 is 0 Å². The first kappa shape index (κ1) is 12.3. The Morgan fingerprint density at radius 2 is 2.13 bits per heavy atom. The van der Waals surface area contributed by atoms with Crippen LogP contribution in [0.4, 0.5) is 5.69 Å². The molecule has 0 bridgehead atoms. The summed E-state index contributed by atoms with van der Waals surface area (Å²) in [5.74, 6) is 1.13. The highest BCUT2D eigenvalue weighted by Crippen LogP contribution is 2.23. The standard InChI is InChI=1S/C11H17BrN2O/c1-7(2)4-8(3)15-11-10(13)5-9(12)6-14-11/h5-8H,4,13H2,1-3H3. The second kappa shape index (κ2) is 5.35. The lowest BCUT2D eigenvalue weighted by atomic mass is 10.1. The van der Waals surface area contributed by atoms with E-state index in [2.05, 4.69) is 34.8 Å². The fourth-order valence-corrected chi connectivity index (χ4v) is 1.79. The predicted octanol–water partition coefficient (Wildman–Crippen LogP) is 3.24. The number of hydrogen-bond donors (Lipinski definition) is 1. The Kier molecular flexibility index (Phi) is 4.39. The number of halogens is 1. The van der Waals surface area contributed by atoms with E-state index in [1.54, 1.807) is 12.3 Å². The van der Waals surface area contributed by atoms with Gasteiger partial charge in [-0.3, -0.25) is 0 Å². The first-order valence-electron chi connectivity index (χ1n) is 5.06. The second-order valence-electron chi connectivity index (χ2n) is 4.11. The van der Waals surface area contributed by atoms with Crippen molar-refractivity contribution in [1.82, 2.24) is 4.98 Å². The van der Waals surface area contributed by atoms with Gasteiger partial charge in [0, 0.05) is 10.7 Å². The summed E-state index contributed by atoms with van der Waals surface area (Å²) in [5.41, 5.74) is 6.35. The number of ether oxygens (including phenoxy) is 1. The van der Waals surface area contributed by atoms with Crippen LogP contribution in [-0.4, -0.2) is 11.1 Å².